The number of rotatable bonds is 3. The Hall–Kier alpha value is -2.04. The van der Waals surface area contributed by atoms with Crippen molar-refractivity contribution in [2.24, 2.45) is 21.7 Å². The Morgan fingerprint density at radius 1 is 1.18 bits per heavy atom. The minimum atomic E-state index is -0.200. The van der Waals surface area contributed by atoms with Crippen LogP contribution in [0.4, 0.5) is 0 Å². The Morgan fingerprint density at radius 2 is 1.76 bits per heavy atom. The molecule has 92 valence electrons. The van der Waals surface area contributed by atoms with E-state index in [1.54, 1.807) is 6.21 Å². The maximum atomic E-state index is 5.69. The van der Waals surface area contributed by atoms with Crippen molar-refractivity contribution in [3.63, 3.8) is 0 Å². The highest BCUT2D eigenvalue weighted by atomic mass is 16.5. The largest absolute Gasteiger partial charge is 0.488 e. The summed E-state index contributed by atoms with van der Waals surface area (Å²) in [5.41, 5.74) is 11.0. The van der Waals surface area contributed by atoms with Gasteiger partial charge in [-0.2, -0.15) is 5.10 Å². The average Bonchev–Trinajstić information content (AvgIpc) is 2.18. The van der Waals surface area contributed by atoms with E-state index in [0.29, 0.717) is 0 Å². The molecule has 5 heteroatoms. The van der Waals surface area contributed by atoms with Crippen molar-refractivity contribution in [1.29, 1.82) is 0 Å². The van der Waals surface area contributed by atoms with Gasteiger partial charge in [-0.15, -0.1) is 5.10 Å². The summed E-state index contributed by atoms with van der Waals surface area (Å²) in [6, 6.07) is 7.52. The minimum absolute atomic E-state index is 0.0612. The minimum Gasteiger partial charge on any atom is -0.488 e. The average molecular weight is 234 g/mol. The zero-order valence-corrected chi connectivity index (χ0v) is 10.3. The summed E-state index contributed by atoms with van der Waals surface area (Å²) in [5.74, 6) is 0.755. The molecule has 0 radical (unpaired) electrons. The summed E-state index contributed by atoms with van der Waals surface area (Å²) >= 11 is 0. The second-order valence-electron chi connectivity index (χ2n) is 4.55. The van der Waals surface area contributed by atoms with E-state index in [2.05, 4.69) is 10.2 Å². The summed E-state index contributed by atoms with van der Waals surface area (Å²) in [6.45, 7) is 6.00. The van der Waals surface area contributed by atoms with Crippen molar-refractivity contribution in [3.05, 3.63) is 29.8 Å². The molecule has 0 aliphatic heterocycles. The van der Waals surface area contributed by atoms with E-state index in [1.807, 2.05) is 45.0 Å². The van der Waals surface area contributed by atoms with Crippen LogP contribution >= 0.6 is 0 Å². The fraction of sp³-hybridized carbons (Fsp3) is 0.333. The van der Waals surface area contributed by atoms with Crippen LogP contribution in [0.1, 0.15) is 26.3 Å². The van der Waals surface area contributed by atoms with E-state index in [4.69, 9.17) is 16.2 Å². The Kier molecular flexibility index (Phi) is 4.09. The van der Waals surface area contributed by atoms with E-state index in [0.717, 1.165) is 11.3 Å². The lowest BCUT2D eigenvalue weighted by molar-refractivity contribution is 0.131. The van der Waals surface area contributed by atoms with Gasteiger partial charge in [-0.25, -0.2) is 0 Å². The lowest BCUT2D eigenvalue weighted by Gasteiger charge is -2.21. The lowest BCUT2D eigenvalue weighted by Crippen LogP contribution is -2.22. The van der Waals surface area contributed by atoms with Gasteiger partial charge in [-0.3, -0.25) is 0 Å². The van der Waals surface area contributed by atoms with E-state index >= 15 is 0 Å². The first-order valence-electron chi connectivity index (χ1n) is 5.28. The van der Waals surface area contributed by atoms with Crippen molar-refractivity contribution in [2.75, 3.05) is 0 Å². The Labute approximate surface area is 101 Å². The molecule has 0 bridgehead atoms. The Morgan fingerprint density at radius 3 is 2.24 bits per heavy atom. The summed E-state index contributed by atoms with van der Waals surface area (Å²) in [6.07, 6.45) is 1.57. The molecule has 0 aliphatic rings. The molecular weight excluding hydrogens is 216 g/mol. The molecule has 0 spiro atoms. The molecule has 0 fully saturated rings. The molecular formula is C12H18N4O. The smallest absolute Gasteiger partial charge is 0.211 e. The molecule has 0 unspecified atom stereocenters. The zero-order chi connectivity index (χ0) is 12.9. The predicted molar refractivity (Wildman–Crippen MR) is 70.2 cm³/mol. The first kappa shape index (κ1) is 13.0. The Balaban J connectivity index is 2.69. The topological polar surface area (TPSA) is 86.0 Å². The van der Waals surface area contributed by atoms with Crippen LogP contribution in [0, 0.1) is 0 Å². The van der Waals surface area contributed by atoms with Gasteiger partial charge in [-0.05, 0) is 50.6 Å². The summed E-state index contributed by atoms with van der Waals surface area (Å²) in [4.78, 5) is 0. The molecule has 4 N–H and O–H groups in total. The molecule has 1 rings (SSSR count). The van der Waals surface area contributed by atoms with Crippen LogP contribution in [0.5, 0.6) is 5.75 Å². The van der Waals surface area contributed by atoms with Crippen LogP contribution in [0.15, 0.2) is 34.5 Å². The standard InChI is InChI=1S/C12H18N4O/c1-12(2,3)17-10-6-4-9(5-7-10)8-15-16-11(13)14/h4-8H,1-3H3,(H4,13,14,16). The highest BCUT2D eigenvalue weighted by Gasteiger charge is 2.10. The van der Waals surface area contributed by atoms with Gasteiger partial charge >= 0.3 is 0 Å². The van der Waals surface area contributed by atoms with Crippen molar-refractivity contribution in [2.45, 2.75) is 26.4 Å². The maximum absolute atomic E-state index is 5.69. The van der Waals surface area contributed by atoms with E-state index in [-0.39, 0.29) is 11.6 Å². The number of hydrogen-bond donors (Lipinski definition) is 2. The highest BCUT2D eigenvalue weighted by Crippen LogP contribution is 2.17. The zero-order valence-electron chi connectivity index (χ0n) is 10.3. The van der Waals surface area contributed by atoms with E-state index in [9.17, 15) is 0 Å². The molecule has 17 heavy (non-hydrogen) atoms. The van der Waals surface area contributed by atoms with Gasteiger partial charge in [0, 0.05) is 0 Å². The van der Waals surface area contributed by atoms with Gasteiger partial charge in [0.1, 0.15) is 11.4 Å². The van der Waals surface area contributed by atoms with Gasteiger partial charge in [-0.1, -0.05) is 0 Å². The molecule has 1 aromatic carbocycles. The molecule has 0 heterocycles. The number of ether oxygens (including phenoxy) is 1. The number of benzene rings is 1. The van der Waals surface area contributed by atoms with Gasteiger partial charge in [0.05, 0.1) is 6.21 Å². The third kappa shape index (κ3) is 5.55. The molecule has 0 saturated carbocycles. The van der Waals surface area contributed by atoms with Crippen LogP contribution in [-0.4, -0.2) is 17.8 Å². The first-order valence-corrected chi connectivity index (χ1v) is 5.28. The third-order valence-corrected chi connectivity index (χ3v) is 1.68. The van der Waals surface area contributed by atoms with E-state index in [1.165, 1.54) is 0 Å². The SMILES string of the molecule is CC(C)(C)Oc1ccc(C=NN=C(N)N)cc1. The van der Waals surface area contributed by atoms with Gasteiger partial charge < -0.3 is 16.2 Å². The van der Waals surface area contributed by atoms with Crippen molar-refractivity contribution in [3.8, 4) is 5.75 Å². The number of hydrogen-bond acceptors (Lipinski definition) is 3. The molecule has 5 nitrogen and oxygen atoms in total. The number of nitrogens with two attached hydrogens (primary N) is 2. The van der Waals surface area contributed by atoms with Gasteiger partial charge in [0.15, 0.2) is 0 Å². The Bertz CT molecular complexity index is 411. The lowest BCUT2D eigenvalue weighted by atomic mass is 10.2. The van der Waals surface area contributed by atoms with Crippen LogP contribution in [0.3, 0.4) is 0 Å². The quantitative estimate of drug-likeness (QED) is 0.471. The molecule has 0 saturated heterocycles. The molecule has 0 aliphatic carbocycles. The monoisotopic (exact) mass is 234 g/mol. The third-order valence-electron chi connectivity index (χ3n) is 1.68. The second-order valence-corrected chi connectivity index (χ2v) is 4.55. The normalized spacial score (nSPS) is 11.5. The molecule has 0 amide bonds. The van der Waals surface area contributed by atoms with Crippen molar-refractivity contribution < 1.29 is 4.74 Å². The fourth-order valence-corrected chi connectivity index (χ4v) is 1.14. The summed E-state index contributed by atoms with van der Waals surface area (Å²) in [5, 5.41) is 7.23. The van der Waals surface area contributed by atoms with Crippen molar-refractivity contribution >= 4 is 12.2 Å². The number of nitrogens with zero attached hydrogens (tertiary/aromatic N) is 2. The highest BCUT2D eigenvalue weighted by molar-refractivity contribution is 5.81. The van der Waals surface area contributed by atoms with Gasteiger partial charge in [0.25, 0.3) is 0 Å². The molecule has 0 atom stereocenters. The van der Waals surface area contributed by atoms with Crippen LogP contribution in [0.25, 0.3) is 0 Å². The van der Waals surface area contributed by atoms with Gasteiger partial charge in [0.2, 0.25) is 5.96 Å². The summed E-state index contributed by atoms with van der Waals surface area (Å²) in [7, 11) is 0. The van der Waals surface area contributed by atoms with E-state index < -0.39 is 0 Å². The van der Waals surface area contributed by atoms with Crippen LogP contribution in [-0.2, 0) is 0 Å². The van der Waals surface area contributed by atoms with Crippen molar-refractivity contribution in [1.82, 2.24) is 0 Å². The van der Waals surface area contributed by atoms with Crippen LogP contribution in [0.2, 0.25) is 0 Å². The predicted octanol–water partition coefficient (Wildman–Crippen LogP) is 1.47. The van der Waals surface area contributed by atoms with Crippen LogP contribution < -0.4 is 16.2 Å². The molecule has 1 aromatic rings. The fourth-order valence-electron chi connectivity index (χ4n) is 1.14. The molecule has 0 aromatic heterocycles. The summed E-state index contributed by atoms with van der Waals surface area (Å²) < 4.78 is 5.69. The second kappa shape index (κ2) is 5.34. The first-order chi connectivity index (χ1) is 7.87. The number of guanidine groups is 1. The maximum Gasteiger partial charge on any atom is 0.211 e.